The fraction of sp³-hybridized carbons (Fsp3) is 0.300. The summed E-state index contributed by atoms with van der Waals surface area (Å²) in [5.74, 6) is -0.781. The van der Waals surface area contributed by atoms with E-state index in [-0.39, 0.29) is 30.6 Å². The van der Waals surface area contributed by atoms with Crippen molar-refractivity contribution in [2.24, 2.45) is 0 Å². The minimum Gasteiger partial charge on any atom is -0.336 e. The number of rotatable bonds is 5. The maximum Gasteiger partial charge on any atom is 0.243 e. The van der Waals surface area contributed by atoms with E-state index < -0.39 is 0 Å². The Morgan fingerprint density at radius 2 is 1.60 bits per heavy atom. The molecule has 1 N–H and O–H groups in total. The molecule has 25 heavy (non-hydrogen) atoms. The van der Waals surface area contributed by atoms with E-state index in [9.17, 15) is 14.0 Å². The van der Waals surface area contributed by atoms with Crippen LogP contribution in [0.2, 0.25) is 0 Å². The Bertz CT molecular complexity index is 762. The highest BCUT2D eigenvalue weighted by Crippen LogP contribution is 2.21. The van der Waals surface area contributed by atoms with Gasteiger partial charge in [-0.1, -0.05) is 29.8 Å². The van der Waals surface area contributed by atoms with Crippen molar-refractivity contribution in [3.63, 3.8) is 0 Å². The van der Waals surface area contributed by atoms with Gasteiger partial charge in [0, 0.05) is 12.7 Å². The normalized spacial score (nSPS) is 10.4. The number of benzene rings is 2. The average molecular weight is 342 g/mol. The Kier molecular flexibility index (Phi) is 5.91. The van der Waals surface area contributed by atoms with E-state index in [2.05, 4.69) is 5.32 Å². The van der Waals surface area contributed by atoms with Gasteiger partial charge in [-0.3, -0.25) is 9.59 Å². The summed E-state index contributed by atoms with van der Waals surface area (Å²) in [6, 6.07) is 9.79. The van der Waals surface area contributed by atoms with Crippen molar-refractivity contribution in [1.29, 1.82) is 0 Å². The van der Waals surface area contributed by atoms with Crippen LogP contribution in [0.1, 0.15) is 22.3 Å². The molecule has 2 amide bonds. The summed E-state index contributed by atoms with van der Waals surface area (Å²) in [6.07, 6.45) is 0.132. The molecule has 0 aliphatic heterocycles. The number of likely N-dealkylation sites (N-methyl/N-ethyl adjacent to an activating group) is 1. The Balaban J connectivity index is 1.95. The summed E-state index contributed by atoms with van der Waals surface area (Å²) in [4.78, 5) is 25.8. The molecule has 0 aromatic heterocycles. The molecule has 5 heteroatoms. The minimum absolute atomic E-state index is 0.0349. The molecule has 2 aromatic carbocycles. The number of hydrogen-bond donors (Lipinski definition) is 1. The summed E-state index contributed by atoms with van der Waals surface area (Å²) in [7, 11) is 1.58. The Morgan fingerprint density at radius 1 is 1.04 bits per heavy atom. The molecule has 0 unspecified atom stereocenters. The number of hydrogen-bond acceptors (Lipinski definition) is 2. The first-order valence-corrected chi connectivity index (χ1v) is 8.12. The fourth-order valence-electron chi connectivity index (χ4n) is 2.77. The second-order valence-electron chi connectivity index (χ2n) is 6.37. The standard InChI is InChI=1S/C20H23FN2O2/c1-13-9-14(2)20(15(3)10-13)22-18(24)12-23(4)19(25)11-16-5-7-17(21)8-6-16/h5-10H,11-12H2,1-4H3,(H,22,24). The van der Waals surface area contributed by atoms with Crippen LogP contribution in [0.3, 0.4) is 0 Å². The van der Waals surface area contributed by atoms with Crippen molar-refractivity contribution in [3.8, 4) is 0 Å². The van der Waals surface area contributed by atoms with Gasteiger partial charge in [0.15, 0.2) is 0 Å². The van der Waals surface area contributed by atoms with Crippen LogP contribution in [0, 0.1) is 26.6 Å². The second-order valence-corrected chi connectivity index (χ2v) is 6.37. The first kappa shape index (κ1) is 18.6. The molecule has 0 aliphatic rings. The van der Waals surface area contributed by atoms with Gasteiger partial charge in [-0.25, -0.2) is 4.39 Å². The van der Waals surface area contributed by atoms with Crippen LogP contribution < -0.4 is 5.32 Å². The van der Waals surface area contributed by atoms with E-state index in [1.54, 1.807) is 19.2 Å². The molecule has 0 fully saturated rings. The van der Waals surface area contributed by atoms with Gasteiger partial charge in [-0.05, 0) is 49.6 Å². The van der Waals surface area contributed by atoms with Gasteiger partial charge in [-0.15, -0.1) is 0 Å². The number of nitrogens with zero attached hydrogens (tertiary/aromatic N) is 1. The molecular formula is C20H23FN2O2. The number of nitrogens with one attached hydrogen (secondary N) is 1. The summed E-state index contributed by atoms with van der Waals surface area (Å²) < 4.78 is 12.9. The lowest BCUT2D eigenvalue weighted by Gasteiger charge is -2.18. The SMILES string of the molecule is Cc1cc(C)c(NC(=O)CN(C)C(=O)Cc2ccc(F)cc2)c(C)c1. The van der Waals surface area contributed by atoms with Crippen LogP contribution in [0.25, 0.3) is 0 Å². The smallest absolute Gasteiger partial charge is 0.243 e. The van der Waals surface area contributed by atoms with Gasteiger partial charge in [0.05, 0.1) is 13.0 Å². The third-order valence-electron chi connectivity index (χ3n) is 4.02. The van der Waals surface area contributed by atoms with Crippen molar-refractivity contribution in [2.75, 3.05) is 18.9 Å². The molecular weight excluding hydrogens is 319 g/mol. The van der Waals surface area contributed by atoms with E-state index in [0.717, 1.165) is 22.4 Å². The maximum atomic E-state index is 12.9. The number of carbonyl (C=O) groups excluding carboxylic acids is 2. The number of aryl methyl sites for hydroxylation is 3. The largest absolute Gasteiger partial charge is 0.336 e. The van der Waals surface area contributed by atoms with Crippen molar-refractivity contribution in [3.05, 3.63) is 64.5 Å². The minimum atomic E-state index is -0.340. The van der Waals surface area contributed by atoms with Crippen LogP contribution in [-0.2, 0) is 16.0 Å². The van der Waals surface area contributed by atoms with E-state index in [4.69, 9.17) is 0 Å². The monoisotopic (exact) mass is 342 g/mol. The molecule has 0 bridgehead atoms. The lowest BCUT2D eigenvalue weighted by Crippen LogP contribution is -2.36. The average Bonchev–Trinajstić information content (AvgIpc) is 2.53. The summed E-state index contributed by atoms with van der Waals surface area (Å²) >= 11 is 0. The number of halogens is 1. The summed E-state index contributed by atoms with van der Waals surface area (Å²) in [5, 5.41) is 2.88. The van der Waals surface area contributed by atoms with Crippen molar-refractivity contribution < 1.29 is 14.0 Å². The topological polar surface area (TPSA) is 49.4 Å². The molecule has 2 aromatic rings. The number of amides is 2. The zero-order chi connectivity index (χ0) is 18.6. The third kappa shape index (κ3) is 5.14. The van der Waals surface area contributed by atoms with Crippen molar-refractivity contribution in [1.82, 2.24) is 4.90 Å². The Hall–Kier alpha value is -2.69. The highest BCUT2D eigenvalue weighted by Gasteiger charge is 2.15. The molecule has 132 valence electrons. The van der Waals surface area contributed by atoms with Crippen LogP contribution in [-0.4, -0.2) is 30.3 Å². The lowest BCUT2D eigenvalue weighted by molar-refractivity contribution is -0.132. The van der Waals surface area contributed by atoms with Gasteiger partial charge in [0.2, 0.25) is 11.8 Å². The zero-order valence-electron chi connectivity index (χ0n) is 15.0. The van der Waals surface area contributed by atoms with E-state index in [1.807, 2.05) is 32.9 Å². The van der Waals surface area contributed by atoms with Gasteiger partial charge < -0.3 is 10.2 Å². The second kappa shape index (κ2) is 7.92. The summed E-state index contributed by atoms with van der Waals surface area (Å²) in [5.41, 5.74) is 4.62. The van der Waals surface area contributed by atoms with Gasteiger partial charge in [0.1, 0.15) is 5.82 Å². The molecule has 0 radical (unpaired) electrons. The summed E-state index contributed by atoms with van der Waals surface area (Å²) in [6.45, 7) is 5.86. The molecule has 0 atom stereocenters. The van der Waals surface area contributed by atoms with Crippen LogP contribution in [0.15, 0.2) is 36.4 Å². The van der Waals surface area contributed by atoms with E-state index in [0.29, 0.717) is 5.56 Å². The first-order chi connectivity index (χ1) is 11.8. The van der Waals surface area contributed by atoms with E-state index in [1.165, 1.54) is 17.0 Å². The van der Waals surface area contributed by atoms with E-state index >= 15 is 0 Å². The van der Waals surface area contributed by atoms with Crippen LogP contribution >= 0.6 is 0 Å². The predicted octanol–water partition coefficient (Wildman–Crippen LogP) is 3.39. The van der Waals surface area contributed by atoms with Crippen molar-refractivity contribution in [2.45, 2.75) is 27.2 Å². The Labute approximate surface area is 147 Å². The predicted molar refractivity (Wildman–Crippen MR) is 97.0 cm³/mol. The van der Waals surface area contributed by atoms with Crippen molar-refractivity contribution >= 4 is 17.5 Å². The number of anilines is 1. The Morgan fingerprint density at radius 3 is 2.16 bits per heavy atom. The van der Waals surface area contributed by atoms with Crippen LogP contribution in [0.5, 0.6) is 0 Å². The molecule has 0 aliphatic carbocycles. The molecule has 0 saturated heterocycles. The van der Waals surface area contributed by atoms with Gasteiger partial charge in [0.25, 0.3) is 0 Å². The molecule has 0 saturated carbocycles. The lowest BCUT2D eigenvalue weighted by atomic mass is 10.1. The van der Waals surface area contributed by atoms with Gasteiger partial charge in [-0.2, -0.15) is 0 Å². The fourth-order valence-corrected chi connectivity index (χ4v) is 2.77. The maximum absolute atomic E-state index is 12.9. The van der Waals surface area contributed by atoms with Crippen LogP contribution in [0.4, 0.5) is 10.1 Å². The molecule has 0 heterocycles. The quantitative estimate of drug-likeness (QED) is 0.905. The van der Waals surface area contributed by atoms with Gasteiger partial charge >= 0.3 is 0 Å². The highest BCUT2D eigenvalue weighted by molar-refractivity contribution is 5.96. The zero-order valence-corrected chi connectivity index (χ0v) is 15.0. The third-order valence-corrected chi connectivity index (χ3v) is 4.02. The molecule has 0 spiro atoms. The first-order valence-electron chi connectivity index (χ1n) is 8.12. The number of carbonyl (C=O) groups is 2. The molecule has 2 rings (SSSR count). The highest BCUT2D eigenvalue weighted by atomic mass is 19.1. The molecule has 4 nitrogen and oxygen atoms in total.